The van der Waals surface area contributed by atoms with E-state index in [-0.39, 0.29) is 25.5 Å². The van der Waals surface area contributed by atoms with Crippen LogP contribution in [0.2, 0.25) is 0 Å². The molecule has 15 nitrogen and oxygen atoms in total. The first-order chi connectivity index (χ1) is 29.0. The van der Waals surface area contributed by atoms with E-state index in [0.717, 1.165) is 55.0 Å². The summed E-state index contributed by atoms with van der Waals surface area (Å²) in [4.78, 5) is 63.0. The van der Waals surface area contributed by atoms with Crippen molar-refractivity contribution < 1.29 is 37.1 Å². The van der Waals surface area contributed by atoms with Gasteiger partial charge in [-0.25, -0.2) is 18.2 Å². The number of hydrogen-bond donors (Lipinski definition) is 3. The lowest BCUT2D eigenvalue weighted by Crippen LogP contribution is -2.58. The van der Waals surface area contributed by atoms with Crippen molar-refractivity contribution >= 4 is 50.4 Å². The van der Waals surface area contributed by atoms with Crippen LogP contribution in [0, 0.1) is 12.8 Å². The Bertz CT molecular complexity index is 2460. The third kappa shape index (κ3) is 8.17. The molecule has 316 valence electrons. The average molecular weight is 838 g/mol. The number of sulfonamides is 1. The van der Waals surface area contributed by atoms with E-state index in [4.69, 9.17) is 19.6 Å². The molecule has 4 fully saturated rings. The second kappa shape index (κ2) is 16.2. The highest BCUT2D eigenvalue weighted by Gasteiger charge is 2.62. The molecule has 2 aliphatic heterocycles. The number of aryl methyl sites for hydroxylation is 1. The molecule has 2 aromatic carbocycles. The Morgan fingerprint density at radius 1 is 0.933 bits per heavy atom. The summed E-state index contributed by atoms with van der Waals surface area (Å²) >= 11 is 0. The number of hydrogen-bond acceptors (Lipinski definition) is 10. The molecule has 1 saturated heterocycles. The van der Waals surface area contributed by atoms with Crippen LogP contribution in [-0.4, -0.2) is 93.4 Å². The number of fused-ring (bicyclic) bond motifs is 5. The number of nitrogens with zero attached hydrogens (tertiary/aromatic N) is 4. The van der Waals surface area contributed by atoms with Crippen LogP contribution in [0.25, 0.3) is 27.8 Å². The van der Waals surface area contributed by atoms with Crippen LogP contribution >= 0.6 is 0 Å². The summed E-state index contributed by atoms with van der Waals surface area (Å²) in [6.07, 6.45) is 10.1. The molecule has 5 atom stereocenters. The predicted octanol–water partition coefficient (Wildman–Crippen LogP) is 5.25. The molecule has 0 bridgehead atoms. The third-order valence-electron chi connectivity index (χ3n) is 12.6. The van der Waals surface area contributed by atoms with E-state index in [0.29, 0.717) is 54.8 Å². The molecule has 3 saturated carbocycles. The van der Waals surface area contributed by atoms with Crippen LogP contribution in [0.1, 0.15) is 89.0 Å². The first-order valence-electron chi connectivity index (χ1n) is 21.3. The van der Waals surface area contributed by atoms with E-state index in [1.165, 1.54) is 4.90 Å². The summed E-state index contributed by atoms with van der Waals surface area (Å²) in [6, 6.07) is 15.3. The molecule has 60 heavy (non-hydrogen) atoms. The zero-order chi connectivity index (χ0) is 41.6. The van der Waals surface area contributed by atoms with Gasteiger partial charge in [0.05, 0.1) is 23.0 Å². The van der Waals surface area contributed by atoms with Crippen LogP contribution in [0.5, 0.6) is 5.88 Å². The van der Waals surface area contributed by atoms with Gasteiger partial charge in [0.25, 0.3) is 5.91 Å². The lowest BCUT2D eigenvalue weighted by atomic mass is 10.0. The Balaban J connectivity index is 1.05. The Morgan fingerprint density at radius 3 is 2.48 bits per heavy atom. The van der Waals surface area contributed by atoms with Crippen molar-refractivity contribution in [3.05, 3.63) is 72.3 Å². The quantitative estimate of drug-likeness (QED) is 0.198. The molecule has 3 aliphatic carbocycles. The second-order valence-corrected chi connectivity index (χ2v) is 19.1. The van der Waals surface area contributed by atoms with Crippen molar-refractivity contribution in [3.63, 3.8) is 0 Å². The minimum absolute atomic E-state index is 0.0180. The zero-order valence-corrected chi connectivity index (χ0v) is 34.5. The Hall–Kier alpha value is -5.51. The maximum Gasteiger partial charge on any atom is 0.408 e. The number of amides is 4. The standard InChI is InChI=1S/C44H51N7O8S/c1-27-17-19-28(20-18-27)36-24-38(51-39(45-36)33-14-9-10-15-34(33)48-51)58-31-23-37-40(52)47-44(42(54)49-60(56,57)32-21-22-32)25-29(44)11-5-3-2-4-6-16-35(41(53)50(37)26-31)46-43(55)59-30-12-7-8-13-30/h5,9-11,14-15,17-20,24,29-32,35,37H,2-4,6-8,12-13,16,21-23,25-26H2,1H3,(H,46,55)(H,47,52)(H,49,54)/b11-5-/t29-,31-,35-,37+,44-/m1/s1. The summed E-state index contributed by atoms with van der Waals surface area (Å²) in [5, 5.41) is 10.8. The van der Waals surface area contributed by atoms with Crippen molar-refractivity contribution in [2.45, 2.75) is 125 Å². The van der Waals surface area contributed by atoms with E-state index in [9.17, 15) is 27.6 Å². The van der Waals surface area contributed by atoms with Gasteiger partial charge < -0.3 is 25.0 Å². The topological polar surface area (TPSA) is 190 Å². The summed E-state index contributed by atoms with van der Waals surface area (Å²) in [6.45, 7) is 1.99. The van der Waals surface area contributed by atoms with Crippen LogP contribution in [0.15, 0.2) is 66.7 Å². The molecule has 16 heteroatoms. The lowest BCUT2D eigenvalue weighted by molar-refractivity contribution is -0.141. The van der Waals surface area contributed by atoms with Crippen LogP contribution in [-0.2, 0) is 29.1 Å². The molecule has 0 spiro atoms. The number of benzene rings is 2. The molecule has 4 amide bonds. The molecular formula is C44H51N7O8S. The van der Waals surface area contributed by atoms with Crippen molar-refractivity contribution in [2.75, 3.05) is 6.54 Å². The number of carbonyl (C=O) groups excluding carboxylic acids is 4. The number of aromatic nitrogens is 3. The second-order valence-electron chi connectivity index (χ2n) is 17.1. The first kappa shape index (κ1) is 39.9. The fraction of sp³-hybridized carbons (Fsp3) is 0.500. The zero-order valence-electron chi connectivity index (χ0n) is 33.7. The molecule has 5 aliphatic rings. The average Bonchev–Trinajstić information content (AvgIpc) is 4.04. The van der Waals surface area contributed by atoms with Crippen LogP contribution < -0.4 is 20.1 Å². The van der Waals surface area contributed by atoms with Crippen LogP contribution in [0.3, 0.4) is 0 Å². The summed E-state index contributed by atoms with van der Waals surface area (Å²) in [5.41, 5.74) is 2.39. The van der Waals surface area contributed by atoms with Gasteiger partial charge in [-0.05, 0) is 83.3 Å². The van der Waals surface area contributed by atoms with E-state index in [1.54, 1.807) is 10.6 Å². The number of allylic oxidation sites excluding steroid dienone is 1. The van der Waals surface area contributed by atoms with E-state index < -0.39 is 68.7 Å². The van der Waals surface area contributed by atoms with Crippen LogP contribution in [0.4, 0.5) is 4.79 Å². The Labute approximate surface area is 348 Å². The van der Waals surface area contributed by atoms with Gasteiger partial charge in [-0.3, -0.25) is 19.1 Å². The van der Waals surface area contributed by atoms with Gasteiger partial charge in [-0.2, -0.15) is 9.61 Å². The molecule has 4 aromatic rings. The van der Waals surface area contributed by atoms with Crippen molar-refractivity contribution in [1.29, 1.82) is 0 Å². The van der Waals surface area contributed by atoms with Gasteiger partial charge in [0.15, 0.2) is 5.65 Å². The SMILES string of the molecule is Cc1ccc(-c2cc(O[C@@H]3C[C@H]4C(=O)N[C@]5(C(=O)NS(=O)(=O)C6CC6)C[C@H]5/C=C\CCCCC[C@@H](NC(=O)OC5CCCC5)C(=O)N4C3)n3nc4ccccc4c3n2)cc1. The molecule has 4 heterocycles. The van der Waals surface area contributed by atoms with Gasteiger partial charge in [0.2, 0.25) is 27.7 Å². The van der Waals surface area contributed by atoms with E-state index in [1.807, 2.05) is 67.6 Å². The lowest BCUT2D eigenvalue weighted by Gasteiger charge is -2.30. The fourth-order valence-corrected chi connectivity index (χ4v) is 10.3. The van der Waals surface area contributed by atoms with Gasteiger partial charge in [0.1, 0.15) is 29.8 Å². The fourth-order valence-electron chi connectivity index (χ4n) is 8.91. The Kier molecular flexibility index (Phi) is 10.8. The minimum Gasteiger partial charge on any atom is -0.472 e. The number of alkyl carbamates (subject to hydrolysis) is 1. The Morgan fingerprint density at radius 2 is 1.70 bits per heavy atom. The van der Waals surface area contributed by atoms with Gasteiger partial charge in [-0.15, -0.1) is 0 Å². The number of nitrogens with one attached hydrogen (secondary N) is 3. The number of carbonyl (C=O) groups is 4. The number of rotatable bonds is 8. The molecule has 3 N–H and O–H groups in total. The molecule has 9 rings (SSSR count). The minimum atomic E-state index is -3.91. The highest BCUT2D eigenvalue weighted by atomic mass is 32.2. The van der Waals surface area contributed by atoms with Crippen molar-refractivity contribution in [2.24, 2.45) is 5.92 Å². The normalized spacial score (nSPS) is 27.0. The summed E-state index contributed by atoms with van der Waals surface area (Å²) in [5.74, 6) is -1.94. The van der Waals surface area contributed by atoms with E-state index in [2.05, 4.69) is 15.4 Å². The smallest absolute Gasteiger partial charge is 0.408 e. The monoisotopic (exact) mass is 837 g/mol. The van der Waals surface area contributed by atoms with Gasteiger partial charge in [0, 0.05) is 29.4 Å². The third-order valence-corrected chi connectivity index (χ3v) is 14.4. The number of ether oxygens (including phenoxy) is 2. The molecule has 0 radical (unpaired) electrons. The maximum absolute atomic E-state index is 14.8. The highest BCUT2D eigenvalue weighted by molar-refractivity contribution is 7.91. The maximum atomic E-state index is 14.8. The summed E-state index contributed by atoms with van der Waals surface area (Å²) < 4.78 is 42.3. The van der Waals surface area contributed by atoms with Crippen molar-refractivity contribution in [1.82, 2.24) is 34.9 Å². The van der Waals surface area contributed by atoms with Gasteiger partial charge >= 0.3 is 6.09 Å². The highest BCUT2D eigenvalue weighted by Crippen LogP contribution is 2.46. The largest absolute Gasteiger partial charge is 0.472 e. The van der Waals surface area contributed by atoms with Crippen molar-refractivity contribution in [3.8, 4) is 17.1 Å². The molecule has 2 aromatic heterocycles. The summed E-state index contributed by atoms with van der Waals surface area (Å²) in [7, 11) is -3.91. The van der Waals surface area contributed by atoms with Gasteiger partial charge in [-0.1, -0.05) is 67.0 Å². The van der Waals surface area contributed by atoms with E-state index >= 15 is 0 Å². The predicted molar refractivity (Wildman–Crippen MR) is 222 cm³/mol. The molecular weight excluding hydrogens is 787 g/mol. The first-order valence-corrected chi connectivity index (χ1v) is 22.9. The molecule has 0 unspecified atom stereocenters.